The minimum atomic E-state index is -0.685. The van der Waals surface area contributed by atoms with Gasteiger partial charge in [0.1, 0.15) is 5.65 Å². The summed E-state index contributed by atoms with van der Waals surface area (Å²) >= 11 is 0. The summed E-state index contributed by atoms with van der Waals surface area (Å²) in [6.07, 6.45) is 0.973. The molecule has 0 amide bonds. The van der Waals surface area contributed by atoms with E-state index in [-0.39, 0.29) is 11.6 Å². The van der Waals surface area contributed by atoms with E-state index in [4.69, 9.17) is 9.15 Å². The first-order valence-electron chi connectivity index (χ1n) is 8.57. The Balaban J connectivity index is 1.51. The Morgan fingerprint density at radius 3 is 2.63 bits per heavy atom. The highest BCUT2D eigenvalue weighted by Crippen LogP contribution is 2.23. The predicted octanol–water partition coefficient (Wildman–Crippen LogP) is 3.92. The van der Waals surface area contributed by atoms with Crippen LogP contribution in [0.5, 0.6) is 0 Å². The Bertz CT molecular complexity index is 1110. The van der Waals surface area contributed by atoms with Gasteiger partial charge in [0.2, 0.25) is 5.89 Å². The van der Waals surface area contributed by atoms with Gasteiger partial charge in [-0.15, -0.1) is 10.2 Å². The molecule has 1 aromatic carbocycles. The van der Waals surface area contributed by atoms with Crippen LogP contribution in [0.25, 0.3) is 17.1 Å². The van der Waals surface area contributed by atoms with Crippen LogP contribution < -0.4 is 0 Å². The number of pyridine rings is 1. The number of aromatic nitrogens is 4. The maximum Gasteiger partial charge on any atom is 0.359 e. The van der Waals surface area contributed by atoms with Crippen LogP contribution in [0.1, 0.15) is 40.7 Å². The van der Waals surface area contributed by atoms with Crippen molar-refractivity contribution < 1.29 is 13.9 Å². The zero-order chi connectivity index (χ0) is 19.0. The molecule has 4 aromatic rings. The molecule has 1 unspecified atom stereocenters. The lowest BCUT2D eigenvalue weighted by Gasteiger charge is -2.07. The molecule has 0 N–H and O–H groups in total. The monoisotopic (exact) mass is 362 g/mol. The summed E-state index contributed by atoms with van der Waals surface area (Å²) in [7, 11) is 0. The summed E-state index contributed by atoms with van der Waals surface area (Å²) in [5.41, 5.74) is 3.85. The van der Waals surface area contributed by atoms with Gasteiger partial charge in [-0.25, -0.2) is 9.78 Å². The molecule has 0 aliphatic carbocycles. The SMILES string of the molecule is Cc1ccc(-c2nnc(C(C)OC(=O)c3cn4c(C)cccc4n3)o2)cc1. The quantitative estimate of drug-likeness (QED) is 0.512. The van der Waals surface area contributed by atoms with Crippen molar-refractivity contribution >= 4 is 11.6 Å². The molecule has 4 rings (SSSR count). The van der Waals surface area contributed by atoms with E-state index in [9.17, 15) is 4.79 Å². The first kappa shape index (κ1) is 17.0. The van der Waals surface area contributed by atoms with Gasteiger partial charge in [-0.3, -0.25) is 0 Å². The summed E-state index contributed by atoms with van der Waals surface area (Å²) in [5.74, 6) is 0.0795. The average molecular weight is 362 g/mol. The molecule has 27 heavy (non-hydrogen) atoms. The number of rotatable bonds is 4. The maximum atomic E-state index is 12.4. The molecule has 0 spiro atoms. The molecule has 0 bridgehead atoms. The molecular weight excluding hydrogens is 344 g/mol. The number of fused-ring (bicyclic) bond motifs is 1. The third-order valence-electron chi connectivity index (χ3n) is 4.28. The number of nitrogens with zero attached hydrogens (tertiary/aromatic N) is 4. The lowest BCUT2D eigenvalue weighted by molar-refractivity contribution is 0.0273. The van der Waals surface area contributed by atoms with E-state index in [1.54, 1.807) is 13.1 Å². The predicted molar refractivity (Wildman–Crippen MR) is 98.2 cm³/mol. The zero-order valence-corrected chi connectivity index (χ0v) is 15.2. The second-order valence-corrected chi connectivity index (χ2v) is 6.38. The maximum absolute atomic E-state index is 12.4. The Morgan fingerprint density at radius 2 is 1.89 bits per heavy atom. The van der Waals surface area contributed by atoms with Gasteiger partial charge in [-0.2, -0.15) is 0 Å². The molecule has 0 fully saturated rings. The lowest BCUT2D eigenvalue weighted by atomic mass is 10.1. The normalized spacial score (nSPS) is 12.3. The van der Waals surface area contributed by atoms with Crippen molar-refractivity contribution in [3.8, 4) is 11.5 Å². The van der Waals surface area contributed by atoms with Crippen LogP contribution in [0.2, 0.25) is 0 Å². The van der Waals surface area contributed by atoms with Crippen molar-refractivity contribution in [2.75, 3.05) is 0 Å². The molecule has 0 aliphatic heterocycles. The molecular formula is C20H18N4O3. The van der Waals surface area contributed by atoms with Crippen molar-refractivity contribution in [1.29, 1.82) is 0 Å². The Hall–Kier alpha value is -3.48. The number of hydrogen-bond donors (Lipinski definition) is 0. The number of carbonyl (C=O) groups is 1. The fraction of sp³-hybridized carbons (Fsp3) is 0.200. The lowest BCUT2D eigenvalue weighted by Crippen LogP contribution is -2.10. The Labute approximate surface area is 155 Å². The third kappa shape index (κ3) is 3.31. The summed E-state index contributed by atoms with van der Waals surface area (Å²) in [4.78, 5) is 16.7. The number of aryl methyl sites for hydroxylation is 2. The number of carbonyl (C=O) groups excluding carboxylic acids is 1. The van der Waals surface area contributed by atoms with Crippen molar-refractivity contribution in [1.82, 2.24) is 19.6 Å². The Morgan fingerprint density at radius 1 is 1.11 bits per heavy atom. The number of hydrogen-bond acceptors (Lipinski definition) is 6. The van der Waals surface area contributed by atoms with E-state index < -0.39 is 12.1 Å². The molecule has 1 atom stereocenters. The third-order valence-corrected chi connectivity index (χ3v) is 4.28. The summed E-state index contributed by atoms with van der Waals surface area (Å²) in [6.45, 7) is 5.63. The van der Waals surface area contributed by atoms with Crippen molar-refractivity contribution in [2.45, 2.75) is 26.9 Å². The van der Waals surface area contributed by atoms with Crippen molar-refractivity contribution in [3.05, 3.63) is 71.5 Å². The van der Waals surface area contributed by atoms with Crippen LogP contribution in [-0.4, -0.2) is 25.6 Å². The van der Waals surface area contributed by atoms with Gasteiger partial charge in [-0.05, 0) is 45.0 Å². The highest BCUT2D eigenvalue weighted by atomic mass is 16.6. The molecule has 0 radical (unpaired) electrons. The smallest absolute Gasteiger partial charge is 0.359 e. The van der Waals surface area contributed by atoms with E-state index in [1.165, 1.54) is 0 Å². The number of esters is 1. The molecule has 3 heterocycles. The molecule has 3 aromatic heterocycles. The van der Waals surface area contributed by atoms with E-state index in [0.29, 0.717) is 11.5 Å². The molecule has 136 valence electrons. The van der Waals surface area contributed by atoms with Crippen LogP contribution in [0.3, 0.4) is 0 Å². The Kier molecular flexibility index (Phi) is 4.19. The van der Waals surface area contributed by atoms with Crippen molar-refractivity contribution in [3.63, 3.8) is 0 Å². The average Bonchev–Trinajstić information content (AvgIpc) is 3.30. The van der Waals surface area contributed by atoms with E-state index in [2.05, 4.69) is 15.2 Å². The van der Waals surface area contributed by atoms with Crippen molar-refractivity contribution in [2.24, 2.45) is 0 Å². The molecule has 0 saturated carbocycles. The van der Waals surface area contributed by atoms with Gasteiger partial charge in [0.05, 0.1) is 0 Å². The molecule has 7 heteroatoms. The van der Waals surface area contributed by atoms with Crippen LogP contribution >= 0.6 is 0 Å². The first-order chi connectivity index (χ1) is 13.0. The highest BCUT2D eigenvalue weighted by molar-refractivity contribution is 5.88. The van der Waals surface area contributed by atoms with Crippen LogP contribution in [-0.2, 0) is 4.74 Å². The highest BCUT2D eigenvalue weighted by Gasteiger charge is 2.21. The van der Waals surface area contributed by atoms with Gasteiger partial charge >= 0.3 is 5.97 Å². The molecule has 0 saturated heterocycles. The van der Waals surface area contributed by atoms with Gasteiger partial charge in [0.25, 0.3) is 5.89 Å². The molecule has 7 nitrogen and oxygen atoms in total. The van der Waals surface area contributed by atoms with E-state index in [0.717, 1.165) is 16.8 Å². The second-order valence-electron chi connectivity index (χ2n) is 6.38. The fourth-order valence-electron chi connectivity index (χ4n) is 2.73. The largest absolute Gasteiger partial charge is 0.448 e. The topological polar surface area (TPSA) is 82.5 Å². The summed E-state index contributed by atoms with van der Waals surface area (Å²) in [6, 6.07) is 13.4. The first-order valence-corrected chi connectivity index (χ1v) is 8.57. The van der Waals surface area contributed by atoms with E-state index >= 15 is 0 Å². The second kappa shape index (κ2) is 6.68. The minimum Gasteiger partial charge on any atom is -0.448 e. The summed E-state index contributed by atoms with van der Waals surface area (Å²) in [5, 5.41) is 8.03. The van der Waals surface area contributed by atoms with E-state index in [1.807, 2.05) is 60.7 Å². The standard InChI is InChI=1S/C20H18N4O3/c1-12-7-9-15(10-8-12)19-23-22-18(27-19)14(3)26-20(25)16-11-24-13(2)5-4-6-17(24)21-16/h4-11,14H,1-3H3. The van der Waals surface area contributed by atoms with Gasteiger partial charge in [0, 0.05) is 17.5 Å². The number of imidazole rings is 1. The van der Waals surface area contributed by atoms with Gasteiger partial charge < -0.3 is 13.6 Å². The van der Waals surface area contributed by atoms with Crippen LogP contribution in [0, 0.1) is 13.8 Å². The number of benzene rings is 1. The van der Waals surface area contributed by atoms with Gasteiger partial charge in [0.15, 0.2) is 11.8 Å². The van der Waals surface area contributed by atoms with Crippen LogP contribution in [0.4, 0.5) is 0 Å². The number of ether oxygens (including phenoxy) is 1. The molecule has 0 aliphatic rings. The fourth-order valence-corrected chi connectivity index (χ4v) is 2.73. The zero-order valence-electron chi connectivity index (χ0n) is 15.2. The van der Waals surface area contributed by atoms with Crippen LogP contribution in [0.15, 0.2) is 53.1 Å². The van der Waals surface area contributed by atoms with Gasteiger partial charge in [-0.1, -0.05) is 23.8 Å². The summed E-state index contributed by atoms with van der Waals surface area (Å²) < 4.78 is 12.9. The minimum absolute atomic E-state index is 0.231.